The van der Waals surface area contributed by atoms with E-state index in [9.17, 15) is 0 Å². The van der Waals surface area contributed by atoms with Crippen molar-refractivity contribution in [3.63, 3.8) is 0 Å². The number of aliphatic imine (C=N–C) groups is 1. The van der Waals surface area contributed by atoms with Gasteiger partial charge in [-0.1, -0.05) is 25.0 Å². The first kappa shape index (κ1) is 13.0. The van der Waals surface area contributed by atoms with Crippen LogP contribution in [0.25, 0.3) is 0 Å². The van der Waals surface area contributed by atoms with E-state index in [0.717, 1.165) is 24.7 Å². The quantitative estimate of drug-likeness (QED) is 0.907. The number of fused-ring (bicyclic) bond motifs is 3. The zero-order valence-electron chi connectivity index (χ0n) is 12.6. The van der Waals surface area contributed by atoms with Crippen LogP contribution in [-0.2, 0) is 0 Å². The van der Waals surface area contributed by atoms with Crippen molar-refractivity contribution < 1.29 is 4.74 Å². The highest BCUT2D eigenvalue weighted by molar-refractivity contribution is 5.84. The predicted molar refractivity (Wildman–Crippen MR) is 83.7 cm³/mol. The van der Waals surface area contributed by atoms with Crippen molar-refractivity contribution in [3.8, 4) is 5.75 Å². The molecule has 3 unspecified atom stereocenters. The van der Waals surface area contributed by atoms with E-state index in [4.69, 9.17) is 9.73 Å². The number of nitrogens with one attached hydrogen (secondary N) is 1. The fourth-order valence-electron chi connectivity index (χ4n) is 4.12. The maximum atomic E-state index is 5.40. The Morgan fingerprint density at radius 1 is 1.24 bits per heavy atom. The first-order valence-electron chi connectivity index (χ1n) is 8.10. The average molecular weight is 285 g/mol. The zero-order valence-corrected chi connectivity index (χ0v) is 12.6. The number of guanidine groups is 1. The molecular formula is C17H23N3O. The van der Waals surface area contributed by atoms with Crippen molar-refractivity contribution in [1.29, 1.82) is 0 Å². The topological polar surface area (TPSA) is 36.9 Å². The molecule has 0 bridgehead atoms. The maximum Gasteiger partial charge on any atom is 0.195 e. The van der Waals surface area contributed by atoms with Crippen LogP contribution in [0.15, 0.2) is 29.3 Å². The standard InChI is InChI=1S/C17H23N3O/c1-21-13-6-4-5-12(11-13)15-9-10-18-17-19-14-7-2-3-8-16(14)20(15)17/h4-6,11,14-16H,2-3,7-10H2,1H3,(H,18,19). The average Bonchev–Trinajstić information content (AvgIpc) is 2.93. The van der Waals surface area contributed by atoms with Crippen LogP contribution >= 0.6 is 0 Å². The summed E-state index contributed by atoms with van der Waals surface area (Å²) in [5.74, 6) is 2.08. The molecule has 1 saturated carbocycles. The highest BCUT2D eigenvalue weighted by Crippen LogP contribution is 2.38. The Morgan fingerprint density at radius 3 is 3.05 bits per heavy atom. The Bertz CT molecular complexity index is 557. The second-order valence-electron chi connectivity index (χ2n) is 6.30. The number of nitrogens with zero attached hydrogens (tertiary/aromatic N) is 2. The molecule has 4 rings (SSSR count). The molecule has 2 fully saturated rings. The number of ether oxygens (including phenoxy) is 1. The third-order valence-electron chi connectivity index (χ3n) is 5.12. The monoisotopic (exact) mass is 285 g/mol. The Hall–Kier alpha value is -1.71. The Labute approximate surface area is 126 Å². The molecular weight excluding hydrogens is 262 g/mol. The number of hydrogen-bond acceptors (Lipinski definition) is 4. The van der Waals surface area contributed by atoms with E-state index in [1.807, 2.05) is 6.07 Å². The Kier molecular flexibility index (Phi) is 3.24. The van der Waals surface area contributed by atoms with Crippen LogP contribution in [0.5, 0.6) is 5.75 Å². The molecule has 4 heteroatoms. The predicted octanol–water partition coefficient (Wildman–Crippen LogP) is 2.71. The summed E-state index contributed by atoms with van der Waals surface area (Å²) in [6.07, 6.45) is 6.36. The van der Waals surface area contributed by atoms with Gasteiger partial charge in [-0.05, 0) is 37.0 Å². The zero-order chi connectivity index (χ0) is 14.2. The molecule has 0 aromatic heterocycles. The molecule has 1 N–H and O–H groups in total. The van der Waals surface area contributed by atoms with Crippen LogP contribution in [0.1, 0.15) is 43.7 Å². The van der Waals surface area contributed by atoms with Gasteiger partial charge >= 0.3 is 0 Å². The lowest BCUT2D eigenvalue weighted by Crippen LogP contribution is -2.43. The Balaban J connectivity index is 1.67. The lowest BCUT2D eigenvalue weighted by atomic mass is 9.89. The fourth-order valence-corrected chi connectivity index (χ4v) is 4.12. The van der Waals surface area contributed by atoms with Gasteiger partial charge in [0.25, 0.3) is 0 Å². The molecule has 2 aliphatic heterocycles. The van der Waals surface area contributed by atoms with Crippen LogP contribution in [-0.4, -0.2) is 36.6 Å². The number of methoxy groups -OCH3 is 1. The number of benzene rings is 1. The van der Waals surface area contributed by atoms with E-state index in [0.29, 0.717) is 18.1 Å². The molecule has 4 nitrogen and oxygen atoms in total. The molecule has 0 radical (unpaired) electrons. The van der Waals surface area contributed by atoms with Gasteiger partial charge in [-0.3, -0.25) is 4.99 Å². The van der Waals surface area contributed by atoms with Crippen LogP contribution in [0, 0.1) is 0 Å². The first-order valence-corrected chi connectivity index (χ1v) is 8.10. The van der Waals surface area contributed by atoms with Crippen LogP contribution in [0.3, 0.4) is 0 Å². The van der Waals surface area contributed by atoms with Gasteiger partial charge in [-0.2, -0.15) is 0 Å². The number of hydrogen-bond donors (Lipinski definition) is 1. The molecule has 0 amide bonds. The van der Waals surface area contributed by atoms with Gasteiger partial charge in [0.15, 0.2) is 5.96 Å². The fraction of sp³-hybridized carbons (Fsp3) is 0.588. The summed E-state index contributed by atoms with van der Waals surface area (Å²) in [6, 6.07) is 10.2. The van der Waals surface area contributed by atoms with Crippen LogP contribution < -0.4 is 10.1 Å². The molecule has 1 aliphatic carbocycles. The molecule has 1 aromatic carbocycles. The summed E-state index contributed by atoms with van der Waals surface area (Å²) in [4.78, 5) is 7.29. The molecule has 3 atom stereocenters. The van der Waals surface area contributed by atoms with Gasteiger partial charge in [0.2, 0.25) is 0 Å². The van der Waals surface area contributed by atoms with E-state index >= 15 is 0 Å². The van der Waals surface area contributed by atoms with E-state index in [2.05, 4.69) is 28.4 Å². The molecule has 112 valence electrons. The minimum Gasteiger partial charge on any atom is -0.497 e. The summed E-state index contributed by atoms with van der Waals surface area (Å²) in [6.45, 7) is 0.917. The third-order valence-corrected chi connectivity index (χ3v) is 5.12. The maximum absolute atomic E-state index is 5.40. The van der Waals surface area contributed by atoms with Gasteiger partial charge in [0.05, 0.1) is 19.2 Å². The molecule has 1 saturated heterocycles. The van der Waals surface area contributed by atoms with Crippen molar-refractivity contribution in [2.45, 2.75) is 50.2 Å². The van der Waals surface area contributed by atoms with Gasteiger partial charge < -0.3 is 15.0 Å². The van der Waals surface area contributed by atoms with E-state index < -0.39 is 0 Å². The molecule has 1 aromatic rings. The molecule has 21 heavy (non-hydrogen) atoms. The summed E-state index contributed by atoms with van der Waals surface area (Å²) in [7, 11) is 1.74. The smallest absolute Gasteiger partial charge is 0.195 e. The summed E-state index contributed by atoms with van der Waals surface area (Å²) >= 11 is 0. The molecule has 0 spiro atoms. The highest BCUT2D eigenvalue weighted by Gasteiger charge is 2.43. The lowest BCUT2D eigenvalue weighted by Gasteiger charge is -2.38. The second-order valence-corrected chi connectivity index (χ2v) is 6.30. The minimum atomic E-state index is 0.438. The number of rotatable bonds is 2. The summed E-state index contributed by atoms with van der Waals surface area (Å²) in [5, 5.41) is 3.67. The van der Waals surface area contributed by atoms with Gasteiger partial charge in [0.1, 0.15) is 5.75 Å². The summed E-state index contributed by atoms with van der Waals surface area (Å²) in [5.41, 5.74) is 1.36. The SMILES string of the molecule is COc1cccc(C2CCN=C3NC4CCCCC4N32)c1. The molecule has 3 aliphatic rings. The highest BCUT2D eigenvalue weighted by atomic mass is 16.5. The normalized spacial score (nSPS) is 31.0. The van der Waals surface area contributed by atoms with Crippen molar-refractivity contribution in [2.24, 2.45) is 4.99 Å². The third kappa shape index (κ3) is 2.17. The lowest BCUT2D eigenvalue weighted by molar-refractivity contribution is 0.188. The van der Waals surface area contributed by atoms with Crippen molar-refractivity contribution >= 4 is 5.96 Å². The van der Waals surface area contributed by atoms with Crippen LogP contribution in [0.2, 0.25) is 0 Å². The van der Waals surface area contributed by atoms with Gasteiger partial charge in [-0.15, -0.1) is 0 Å². The van der Waals surface area contributed by atoms with E-state index in [1.54, 1.807) is 7.11 Å². The van der Waals surface area contributed by atoms with Crippen molar-refractivity contribution in [1.82, 2.24) is 10.2 Å². The van der Waals surface area contributed by atoms with Gasteiger partial charge in [0, 0.05) is 12.6 Å². The van der Waals surface area contributed by atoms with E-state index in [1.165, 1.54) is 31.2 Å². The van der Waals surface area contributed by atoms with Crippen molar-refractivity contribution in [2.75, 3.05) is 13.7 Å². The first-order chi connectivity index (χ1) is 10.4. The second kappa shape index (κ2) is 5.24. The van der Waals surface area contributed by atoms with Crippen molar-refractivity contribution in [3.05, 3.63) is 29.8 Å². The minimum absolute atomic E-state index is 0.438. The van der Waals surface area contributed by atoms with Crippen LogP contribution in [0.4, 0.5) is 0 Å². The summed E-state index contributed by atoms with van der Waals surface area (Å²) < 4.78 is 5.40. The largest absolute Gasteiger partial charge is 0.497 e. The Morgan fingerprint density at radius 2 is 2.14 bits per heavy atom. The van der Waals surface area contributed by atoms with E-state index in [-0.39, 0.29) is 0 Å². The molecule has 2 heterocycles. The van der Waals surface area contributed by atoms with Gasteiger partial charge in [-0.25, -0.2) is 0 Å².